The van der Waals surface area contributed by atoms with E-state index in [0.29, 0.717) is 23.7 Å². The van der Waals surface area contributed by atoms with Crippen molar-refractivity contribution in [3.8, 4) is 0 Å². The van der Waals surface area contributed by atoms with Crippen LogP contribution in [0.4, 0.5) is 0 Å². The van der Waals surface area contributed by atoms with E-state index in [1.54, 1.807) is 13.2 Å². The lowest BCUT2D eigenvalue weighted by molar-refractivity contribution is -0.134. The van der Waals surface area contributed by atoms with Gasteiger partial charge < -0.3 is 24.3 Å². The molecule has 2 heterocycles. The third kappa shape index (κ3) is 5.16. The van der Waals surface area contributed by atoms with E-state index in [2.05, 4.69) is 47.3 Å². The van der Waals surface area contributed by atoms with Crippen molar-refractivity contribution in [2.45, 2.75) is 39.2 Å². The number of nitrogens with zero attached hydrogens (tertiary/aromatic N) is 2. The molecule has 1 atom stereocenters. The molecule has 1 aromatic heterocycles. The Morgan fingerprint density at radius 2 is 2.15 bits per heavy atom. The molecule has 0 radical (unpaired) electrons. The standard InChI is InChI=1S/C25H32N4O4/c1-4-18-14-20(6-5-7-22(18)32-3)28-12-13-29(17(2)16-28)24(30)15-26-19-8-10-21-23(11-9-19)33-25(31)27-21/h5-6,8,10-11,14,17,26H,4,7,9,12-13,15-16H2,1-3H3,(H,27,31). The van der Waals surface area contributed by atoms with Crippen molar-refractivity contribution >= 4 is 18.1 Å². The van der Waals surface area contributed by atoms with E-state index in [4.69, 9.17) is 9.15 Å². The SMILES string of the molecule is CCC1=C(OC)CC=CC(N2CCN(C(=O)CNC3=CC=c4[nH]c(=O)oc4=CC3)C(C)C2)=C1. The van der Waals surface area contributed by atoms with Crippen LogP contribution >= 0.6 is 0 Å². The fourth-order valence-corrected chi connectivity index (χ4v) is 4.50. The van der Waals surface area contributed by atoms with Crippen LogP contribution in [0.25, 0.3) is 12.2 Å². The lowest BCUT2D eigenvalue weighted by Crippen LogP contribution is -2.55. The van der Waals surface area contributed by atoms with Crippen molar-refractivity contribution in [2.24, 2.45) is 0 Å². The number of piperazine rings is 1. The number of aromatic amines is 1. The molecule has 0 aromatic carbocycles. The Morgan fingerprint density at radius 1 is 1.30 bits per heavy atom. The smallest absolute Gasteiger partial charge is 0.417 e. The minimum atomic E-state index is -0.461. The second-order valence-corrected chi connectivity index (χ2v) is 8.48. The number of carbonyl (C=O) groups is 1. The van der Waals surface area contributed by atoms with E-state index in [1.807, 2.05) is 17.1 Å². The molecular weight excluding hydrogens is 420 g/mol. The normalized spacial score (nSPS) is 20.6. The number of ether oxygens (including phenoxy) is 1. The second-order valence-electron chi connectivity index (χ2n) is 8.48. The summed E-state index contributed by atoms with van der Waals surface area (Å²) in [6, 6.07) is 0.108. The molecule has 1 saturated heterocycles. The quantitative estimate of drug-likeness (QED) is 0.672. The number of H-pyrrole nitrogens is 1. The Labute approximate surface area is 193 Å². The van der Waals surface area contributed by atoms with Gasteiger partial charge in [0.2, 0.25) is 5.91 Å². The van der Waals surface area contributed by atoms with Crippen LogP contribution in [0.15, 0.2) is 56.2 Å². The number of nitrogens with one attached hydrogen (secondary N) is 2. The van der Waals surface area contributed by atoms with Crippen molar-refractivity contribution in [3.05, 3.63) is 68.3 Å². The molecule has 1 aliphatic heterocycles. The van der Waals surface area contributed by atoms with Crippen molar-refractivity contribution in [3.63, 3.8) is 0 Å². The van der Waals surface area contributed by atoms with Gasteiger partial charge in [0.1, 0.15) is 5.76 Å². The number of amides is 1. The van der Waals surface area contributed by atoms with Gasteiger partial charge in [-0.15, -0.1) is 0 Å². The lowest BCUT2D eigenvalue weighted by Gasteiger charge is -2.41. The molecular formula is C25H32N4O4. The fraction of sp³-hybridized carbons (Fsp3) is 0.440. The molecule has 2 N–H and O–H groups in total. The summed E-state index contributed by atoms with van der Waals surface area (Å²) >= 11 is 0. The predicted octanol–water partition coefficient (Wildman–Crippen LogP) is 1.09. The number of allylic oxidation sites excluding steroid dienone is 6. The van der Waals surface area contributed by atoms with Gasteiger partial charge >= 0.3 is 5.76 Å². The van der Waals surface area contributed by atoms with Gasteiger partial charge in [-0.05, 0) is 49.3 Å². The molecule has 8 nitrogen and oxygen atoms in total. The lowest BCUT2D eigenvalue weighted by atomic mass is 10.1. The van der Waals surface area contributed by atoms with Crippen LogP contribution in [0.3, 0.4) is 0 Å². The van der Waals surface area contributed by atoms with Crippen LogP contribution < -0.4 is 21.8 Å². The summed E-state index contributed by atoms with van der Waals surface area (Å²) in [5, 5.41) is 3.89. The van der Waals surface area contributed by atoms with E-state index < -0.39 is 5.76 Å². The fourth-order valence-electron chi connectivity index (χ4n) is 4.50. The van der Waals surface area contributed by atoms with Crippen LogP contribution in [-0.2, 0) is 9.53 Å². The number of aromatic nitrogens is 1. The molecule has 0 bridgehead atoms. The summed E-state index contributed by atoms with van der Waals surface area (Å²) in [5.74, 6) is 0.642. The number of carbonyl (C=O) groups excluding carboxylic acids is 1. The number of fused-ring (bicyclic) bond motifs is 1. The van der Waals surface area contributed by atoms with Gasteiger partial charge in [-0.2, -0.15) is 0 Å². The Bertz CT molecular complexity index is 1200. The van der Waals surface area contributed by atoms with Crippen LogP contribution in [-0.4, -0.2) is 60.0 Å². The summed E-state index contributed by atoms with van der Waals surface area (Å²) < 4.78 is 10.7. The number of hydrogen-bond acceptors (Lipinski definition) is 6. The third-order valence-electron chi connectivity index (χ3n) is 6.34. The number of oxazole rings is 1. The summed E-state index contributed by atoms with van der Waals surface area (Å²) in [5.41, 5.74) is 3.84. The van der Waals surface area contributed by atoms with E-state index in [-0.39, 0.29) is 18.5 Å². The summed E-state index contributed by atoms with van der Waals surface area (Å²) in [6.45, 7) is 6.75. The zero-order valence-electron chi connectivity index (χ0n) is 19.5. The van der Waals surface area contributed by atoms with E-state index in [0.717, 1.165) is 37.4 Å². The van der Waals surface area contributed by atoms with Crippen molar-refractivity contribution in [2.75, 3.05) is 33.3 Å². The summed E-state index contributed by atoms with van der Waals surface area (Å²) in [7, 11) is 1.73. The molecule has 176 valence electrons. The van der Waals surface area contributed by atoms with Crippen molar-refractivity contribution < 1.29 is 13.9 Å². The van der Waals surface area contributed by atoms with Gasteiger partial charge in [0.25, 0.3) is 0 Å². The first kappa shape index (κ1) is 22.8. The zero-order chi connectivity index (χ0) is 23.4. The first-order chi connectivity index (χ1) is 16.0. The van der Waals surface area contributed by atoms with Crippen LogP contribution in [0.2, 0.25) is 0 Å². The highest BCUT2D eigenvalue weighted by Crippen LogP contribution is 2.24. The van der Waals surface area contributed by atoms with Crippen LogP contribution in [0.5, 0.6) is 0 Å². The zero-order valence-corrected chi connectivity index (χ0v) is 19.5. The van der Waals surface area contributed by atoms with Gasteiger partial charge in [-0.25, -0.2) is 4.79 Å². The molecule has 1 unspecified atom stereocenters. The average Bonchev–Trinajstić information content (AvgIpc) is 2.95. The van der Waals surface area contributed by atoms with Crippen molar-refractivity contribution in [1.82, 2.24) is 20.1 Å². The van der Waals surface area contributed by atoms with E-state index >= 15 is 0 Å². The predicted molar refractivity (Wildman–Crippen MR) is 127 cm³/mol. The topological polar surface area (TPSA) is 90.8 Å². The van der Waals surface area contributed by atoms with E-state index in [9.17, 15) is 9.59 Å². The van der Waals surface area contributed by atoms with Crippen LogP contribution in [0.1, 0.15) is 33.1 Å². The highest BCUT2D eigenvalue weighted by Gasteiger charge is 2.28. The molecule has 33 heavy (non-hydrogen) atoms. The van der Waals surface area contributed by atoms with E-state index in [1.165, 1.54) is 11.3 Å². The Kier molecular flexibility index (Phi) is 6.91. The Morgan fingerprint density at radius 3 is 2.91 bits per heavy atom. The molecule has 4 rings (SSSR count). The Hall–Kier alpha value is -3.42. The van der Waals surface area contributed by atoms with Crippen LogP contribution in [0, 0.1) is 0 Å². The second kappa shape index (κ2) is 10.0. The molecule has 1 fully saturated rings. The highest BCUT2D eigenvalue weighted by atomic mass is 16.5. The largest absolute Gasteiger partial charge is 0.500 e. The van der Waals surface area contributed by atoms with Gasteiger partial charge in [0.15, 0.2) is 5.42 Å². The average molecular weight is 453 g/mol. The van der Waals surface area contributed by atoms with Gasteiger partial charge in [-0.3, -0.25) is 9.78 Å². The summed E-state index contributed by atoms with van der Waals surface area (Å²) in [6.07, 6.45) is 14.3. The maximum atomic E-state index is 12.9. The maximum Gasteiger partial charge on any atom is 0.417 e. The minimum absolute atomic E-state index is 0.0820. The number of methoxy groups -OCH3 is 1. The monoisotopic (exact) mass is 452 g/mol. The van der Waals surface area contributed by atoms with Crippen molar-refractivity contribution in [1.29, 1.82) is 0 Å². The van der Waals surface area contributed by atoms with Gasteiger partial charge in [-0.1, -0.05) is 13.0 Å². The first-order valence-electron chi connectivity index (χ1n) is 11.5. The minimum Gasteiger partial charge on any atom is -0.500 e. The molecule has 0 spiro atoms. The summed E-state index contributed by atoms with van der Waals surface area (Å²) in [4.78, 5) is 31.2. The van der Waals surface area contributed by atoms with Gasteiger partial charge in [0.05, 0.1) is 19.0 Å². The first-order valence-corrected chi connectivity index (χ1v) is 11.5. The molecule has 2 aliphatic carbocycles. The molecule has 8 heteroatoms. The third-order valence-corrected chi connectivity index (χ3v) is 6.34. The maximum absolute atomic E-state index is 12.9. The Balaban J connectivity index is 1.35. The highest BCUT2D eigenvalue weighted by molar-refractivity contribution is 5.79. The molecule has 3 aliphatic rings. The molecule has 1 amide bonds. The number of hydrogen-bond donors (Lipinski definition) is 2. The molecule has 1 aromatic rings. The molecule has 0 saturated carbocycles. The van der Waals surface area contributed by atoms with Gasteiger partial charge in [0, 0.05) is 49.9 Å². The number of rotatable bonds is 6.